The number of nitrogen functional groups attached to an aromatic ring is 1. The molecule has 0 saturated carbocycles. The molecule has 3 aromatic heterocycles. The van der Waals surface area contributed by atoms with Crippen molar-refractivity contribution < 1.29 is 4.74 Å². The highest BCUT2D eigenvalue weighted by Gasteiger charge is 2.23. The first-order valence-electron chi connectivity index (χ1n) is 8.30. The highest BCUT2D eigenvalue weighted by molar-refractivity contribution is 6.04. The summed E-state index contributed by atoms with van der Waals surface area (Å²) < 4.78 is 7.87. The largest absolute Gasteiger partial charge is 0.465 e. The van der Waals surface area contributed by atoms with Gasteiger partial charge in [0.2, 0.25) is 0 Å². The minimum atomic E-state index is 0.0137. The quantitative estimate of drug-likeness (QED) is 0.617. The molecule has 126 valence electrons. The van der Waals surface area contributed by atoms with Crippen LogP contribution in [0.2, 0.25) is 0 Å². The van der Waals surface area contributed by atoms with Gasteiger partial charge in [0, 0.05) is 6.20 Å². The van der Waals surface area contributed by atoms with Gasteiger partial charge in [-0.25, -0.2) is 4.98 Å². The van der Waals surface area contributed by atoms with E-state index in [9.17, 15) is 0 Å². The van der Waals surface area contributed by atoms with Crippen LogP contribution in [0.15, 0.2) is 48.7 Å². The number of hydrogen-bond acceptors (Lipinski definition) is 5. The van der Waals surface area contributed by atoms with E-state index >= 15 is 0 Å². The summed E-state index contributed by atoms with van der Waals surface area (Å²) in [6.45, 7) is 4.57. The predicted molar refractivity (Wildman–Crippen MR) is 98.7 cm³/mol. The van der Waals surface area contributed by atoms with Crippen LogP contribution in [0.1, 0.15) is 25.5 Å². The van der Waals surface area contributed by atoms with E-state index < -0.39 is 0 Å². The second-order valence-corrected chi connectivity index (χ2v) is 5.85. The number of ether oxygens (including phenoxy) is 1. The molecule has 0 bridgehead atoms. The van der Waals surface area contributed by atoms with E-state index in [1.165, 1.54) is 0 Å². The number of rotatable bonds is 4. The fraction of sp³-hybridized carbons (Fsp3) is 0.211. The molecular formula is C19H19N5O. The highest BCUT2D eigenvalue weighted by atomic mass is 16.5. The molecule has 25 heavy (non-hydrogen) atoms. The number of aromatic nitrogens is 4. The molecule has 0 aliphatic heterocycles. The Morgan fingerprint density at radius 1 is 1.08 bits per heavy atom. The van der Waals surface area contributed by atoms with E-state index in [2.05, 4.69) is 38.6 Å². The third kappa shape index (κ3) is 2.46. The van der Waals surface area contributed by atoms with Crippen molar-refractivity contribution in [2.75, 3.05) is 12.3 Å². The molecule has 6 nitrogen and oxygen atoms in total. The zero-order chi connectivity index (χ0) is 17.4. The molecule has 3 heterocycles. The highest BCUT2D eigenvalue weighted by Crippen LogP contribution is 2.35. The van der Waals surface area contributed by atoms with E-state index in [0.29, 0.717) is 24.0 Å². The lowest BCUT2D eigenvalue weighted by Gasteiger charge is -2.18. The van der Waals surface area contributed by atoms with Crippen molar-refractivity contribution in [3.63, 3.8) is 0 Å². The van der Waals surface area contributed by atoms with Crippen molar-refractivity contribution >= 4 is 27.9 Å². The fourth-order valence-electron chi connectivity index (χ4n) is 3.14. The Kier molecular flexibility index (Phi) is 3.72. The van der Waals surface area contributed by atoms with Crippen molar-refractivity contribution in [2.45, 2.75) is 19.9 Å². The first kappa shape index (κ1) is 15.4. The molecule has 0 radical (unpaired) electrons. The van der Waals surface area contributed by atoms with Crippen molar-refractivity contribution in [1.29, 1.82) is 0 Å². The number of nitrogens with two attached hydrogens (primary N) is 1. The molecule has 0 aliphatic rings. The predicted octanol–water partition coefficient (Wildman–Crippen LogP) is 3.57. The lowest BCUT2D eigenvalue weighted by molar-refractivity contribution is 0.295. The Hall–Kier alpha value is -3.15. The first-order valence-corrected chi connectivity index (χ1v) is 8.30. The van der Waals surface area contributed by atoms with E-state index in [0.717, 1.165) is 22.1 Å². The second-order valence-electron chi connectivity index (χ2n) is 5.85. The van der Waals surface area contributed by atoms with E-state index in [-0.39, 0.29) is 6.04 Å². The molecule has 0 amide bonds. The molecule has 4 rings (SSSR count). The third-order valence-electron chi connectivity index (χ3n) is 4.32. The van der Waals surface area contributed by atoms with E-state index in [1.807, 2.05) is 37.3 Å². The van der Waals surface area contributed by atoms with Gasteiger partial charge in [-0.05, 0) is 31.5 Å². The number of hydrogen-bond donors (Lipinski definition) is 1. The summed E-state index contributed by atoms with van der Waals surface area (Å²) in [6, 6.07) is 14.5. The summed E-state index contributed by atoms with van der Waals surface area (Å²) in [5.74, 6) is 0.385. The third-order valence-corrected chi connectivity index (χ3v) is 4.32. The number of anilines is 1. The van der Waals surface area contributed by atoms with Gasteiger partial charge in [-0.1, -0.05) is 30.3 Å². The number of pyridine rings is 2. The van der Waals surface area contributed by atoms with Crippen LogP contribution in [-0.2, 0) is 0 Å². The molecule has 2 N–H and O–H groups in total. The summed E-state index contributed by atoms with van der Waals surface area (Å²) in [5.41, 5.74) is 10.3. The van der Waals surface area contributed by atoms with Gasteiger partial charge >= 0.3 is 0 Å². The minimum absolute atomic E-state index is 0.0137. The van der Waals surface area contributed by atoms with Gasteiger partial charge in [0.1, 0.15) is 16.6 Å². The molecule has 0 spiro atoms. The van der Waals surface area contributed by atoms with Crippen molar-refractivity contribution in [3.8, 4) is 6.01 Å². The second kappa shape index (κ2) is 6.05. The summed E-state index contributed by atoms with van der Waals surface area (Å²) in [6.07, 6.45) is 1.75. The van der Waals surface area contributed by atoms with Crippen LogP contribution in [0.25, 0.3) is 22.1 Å². The van der Waals surface area contributed by atoms with Crippen LogP contribution in [-0.4, -0.2) is 26.1 Å². The zero-order valence-corrected chi connectivity index (χ0v) is 14.2. The zero-order valence-electron chi connectivity index (χ0n) is 14.2. The van der Waals surface area contributed by atoms with Gasteiger partial charge in [0.05, 0.1) is 18.2 Å². The monoisotopic (exact) mass is 333 g/mol. The summed E-state index contributed by atoms with van der Waals surface area (Å²) in [5, 5.41) is 0. The van der Waals surface area contributed by atoms with Crippen LogP contribution in [0, 0.1) is 0 Å². The Labute approximate surface area is 145 Å². The van der Waals surface area contributed by atoms with Crippen LogP contribution >= 0.6 is 0 Å². The smallest absolute Gasteiger partial charge is 0.298 e. The fourth-order valence-corrected chi connectivity index (χ4v) is 3.14. The SMILES string of the molecule is CCOc1nc2c(N)nc3cccnc3c2n1[C@@H](C)c1ccccc1. The van der Waals surface area contributed by atoms with Crippen molar-refractivity contribution in [2.24, 2.45) is 0 Å². The van der Waals surface area contributed by atoms with Crippen LogP contribution in [0.4, 0.5) is 5.82 Å². The number of imidazole rings is 1. The molecule has 0 aliphatic carbocycles. The summed E-state index contributed by atoms with van der Waals surface area (Å²) in [4.78, 5) is 13.6. The molecule has 0 unspecified atom stereocenters. The number of benzene rings is 1. The average molecular weight is 333 g/mol. The Bertz CT molecular complexity index is 1040. The molecule has 0 fully saturated rings. The summed E-state index contributed by atoms with van der Waals surface area (Å²) in [7, 11) is 0. The van der Waals surface area contributed by atoms with E-state index in [4.69, 9.17) is 10.5 Å². The number of fused-ring (bicyclic) bond motifs is 3. The Morgan fingerprint density at radius 3 is 2.64 bits per heavy atom. The van der Waals surface area contributed by atoms with Crippen LogP contribution in [0.3, 0.4) is 0 Å². The maximum absolute atomic E-state index is 6.17. The van der Waals surface area contributed by atoms with Gasteiger partial charge in [-0.2, -0.15) is 4.98 Å². The lowest BCUT2D eigenvalue weighted by Crippen LogP contribution is -2.10. The maximum atomic E-state index is 6.17. The summed E-state index contributed by atoms with van der Waals surface area (Å²) >= 11 is 0. The Morgan fingerprint density at radius 2 is 1.88 bits per heavy atom. The van der Waals surface area contributed by atoms with Gasteiger partial charge in [-0.15, -0.1) is 0 Å². The lowest BCUT2D eigenvalue weighted by atomic mass is 10.1. The minimum Gasteiger partial charge on any atom is -0.465 e. The Balaban J connectivity index is 2.08. The van der Waals surface area contributed by atoms with Gasteiger partial charge < -0.3 is 10.5 Å². The molecule has 6 heteroatoms. The van der Waals surface area contributed by atoms with Crippen LogP contribution in [0.5, 0.6) is 6.01 Å². The molecular weight excluding hydrogens is 314 g/mol. The first-order chi connectivity index (χ1) is 12.2. The molecule has 1 aromatic carbocycles. The van der Waals surface area contributed by atoms with Crippen LogP contribution < -0.4 is 10.5 Å². The normalized spacial score (nSPS) is 12.6. The van der Waals surface area contributed by atoms with Crippen molar-refractivity contribution in [3.05, 3.63) is 54.2 Å². The van der Waals surface area contributed by atoms with Gasteiger partial charge in [0.15, 0.2) is 5.82 Å². The van der Waals surface area contributed by atoms with Crippen molar-refractivity contribution in [1.82, 2.24) is 19.5 Å². The maximum Gasteiger partial charge on any atom is 0.298 e. The topological polar surface area (TPSA) is 78.8 Å². The van der Waals surface area contributed by atoms with E-state index in [1.54, 1.807) is 6.20 Å². The van der Waals surface area contributed by atoms with Gasteiger partial charge in [0.25, 0.3) is 6.01 Å². The standard InChI is InChI=1S/C19H19N5O/c1-3-25-19-23-16-17(15-14(22-18(16)20)10-7-11-21-15)24(19)12(2)13-8-5-4-6-9-13/h4-12H,3H2,1-2H3,(H2,20,22)/t12-/m0/s1. The molecule has 1 atom stereocenters. The number of nitrogens with zero attached hydrogens (tertiary/aromatic N) is 4. The average Bonchev–Trinajstić information content (AvgIpc) is 3.02. The molecule has 0 saturated heterocycles. The van der Waals surface area contributed by atoms with Gasteiger partial charge in [-0.3, -0.25) is 9.55 Å². The molecule has 4 aromatic rings.